The molecule has 0 aromatic heterocycles. The van der Waals surface area contributed by atoms with Gasteiger partial charge in [-0.3, -0.25) is 4.55 Å². The van der Waals surface area contributed by atoms with Crippen molar-refractivity contribution in [1.29, 1.82) is 0 Å². The molecule has 0 saturated carbocycles. The summed E-state index contributed by atoms with van der Waals surface area (Å²) in [5.74, 6) is 0. The first-order valence-electron chi connectivity index (χ1n) is 12.0. The molecule has 0 aliphatic carbocycles. The molecule has 0 radical (unpaired) electrons. The molecule has 0 rings (SSSR count). The highest BCUT2D eigenvalue weighted by Gasteiger charge is 2.21. The van der Waals surface area contributed by atoms with Crippen LogP contribution >= 0.6 is 0 Å². The number of hydrogen-bond donors (Lipinski definition) is 2. The standard InChI is InChI=1S/C23H48O4S/c1-3-4-5-6-7-8-9-10-14-17-20-23(28(25,26)27)21-18-15-12-11-13-16-19-22(2)24/h22-24H,3-21H2,1-2H3,(H,25,26,27). The summed E-state index contributed by atoms with van der Waals surface area (Å²) >= 11 is 0. The van der Waals surface area contributed by atoms with Crippen molar-refractivity contribution in [3.05, 3.63) is 0 Å². The van der Waals surface area contributed by atoms with E-state index in [-0.39, 0.29) is 6.10 Å². The van der Waals surface area contributed by atoms with Crippen molar-refractivity contribution in [2.24, 2.45) is 0 Å². The lowest BCUT2D eigenvalue weighted by Gasteiger charge is -2.13. The summed E-state index contributed by atoms with van der Waals surface area (Å²) in [7, 11) is -3.91. The van der Waals surface area contributed by atoms with Gasteiger partial charge in [-0.2, -0.15) is 8.42 Å². The molecule has 0 aromatic carbocycles. The Morgan fingerprint density at radius 3 is 1.25 bits per heavy atom. The topological polar surface area (TPSA) is 74.6 Å². The Morgan fingerprint density at radius 2 is 0.929 bits per heavy atom. The highest BCUT2D eigenvalue weighted by molar-refractivity contribution is 7.86. The SMILES string of the molecule is CCCCCCCCCCCCC(CCCCCCCCC(C)O)S(=O)(=O)O. The first-order chi connectivity index (χ1) is 13.4. The normalized spacial score (nSPS) is 14.3. The van der Waals surface area contributed by atoms with E-state index >= 15 is 0 Å². The fourth-order valence-electron chi connectivity index (χ4n) is 3.82. The Hall–Kier alpha value is -0.130. The highest BCUT2D eigenvalue weighted by atomic mass is 32.2. The first kappa shape index (κ1) is 27.9. The summed E-state index contributed by atoms with van der Waals surface area (Å²) in [5, 5.41) is 8.65. The predicted octanol–water partition coefficient (Wildman–Crippen LogP) is 7.06. The molecule has 0 aromatic rings. The van der Waals surface area contributed by atoms with Gasteiger partial charge in [0.15, 0.2) is 0 Å². The molecule has 0 fully saturated rings. The third kappa shape index (κ3) is 19.2. The zero-order valence-corrected chi connectivity index (χ0v) is 19.5. The summed E-state index contributed by atoms with van der Waals surface area (Å²) < 4.78 is 32.7. The molecule has 2 unspecified atom stereocenters. The number of rotatable bonds is 21. The lowest BCUT2D eigenvalue weighted by molar-refractivity contribution is 0.180. The van der Waals surface area contributed by atoms with E-state index in [1.165, 1.54) is 51.4 Å². The second kappa shape index (κ2) is 18.9. The maximum atomic E-state index is 11.6. The van der Waals surface area contributed by atoms with Crippen LogP contribution in [0.3, 0.4) is 0 Å². The number of aliphatic hydroxyl groups is 1. The zero-order chi connectivity index (χ0) is 21.1. The smallest absolute Gasteiger partial charge is 0.267 e. The summed E-state index contributed by atoms with van der Waals surface area (Å²) in [4.78, 5) is 0. The van der Waals surface area contributed by atoms with Gasteiger partial charge in [-0.15, -0.1) is 0 Å². The lowest BCUT2D eigenvalue weighted by Crippen LogP contribution is -2.20. The van der Waals surface area contributed by atoms with E-state index in [4.69, 9.17) is 0 Å². The average Bonchev–Trinajstić information content (AvgIpc) is 2.62. The average molecular weight is 421 g/mol. The minimum absolute atomic E-state index is 0.207. The van der Waals surface area contributed by atoms with Gasteiger partial charge in [-0.05, 0) is 26.2 Å². The molecule has 0 spiro atoms. The molecule has 0 aliphatic heterocycles. The maximum Gasteiger partial charge on any atom is 0.267 e. The quantitative estimate of drug-likeness (QED) is 0.154. The summed E-state index contributed by atoms with van der Waals surface area (Å²) in [6.45, 7) is 4.06. The first-order valence-corrected chi connectivity index (χ1v) is 13.5. The fraction of sp³-hybridized carbons (Fsp3) is 1.00. The van der Waals surface area contributed by atoms with Crippen molar-refractivity contribution in [2.75, 3.05) is 0 Å². The van der Waals surface area contributed by atoms with Crippen molar-refractivity contribution >= 4 is 10.1 Å². The Morgan fingerprint density at radius 1 is 0.607 bits per heavy atom. The Bertz CT molecular complexity index is 420. The molecular formula is C23H48O4S. The fourth-order valence-corrected chi connectivity index (χ4v) is 4.75. The molecule has 170 valence electrons. The molecule has 0 amide bonds. The van der Waals surface area contributed by atoms with E-state index in [2.05, 4.69) is 6.92 Å². The van der Waals surface area contributed by atoms with Crippen LogP contribution in [0.25, 0.3) is 0 Å². The van der Waals surface area contributed by atoms with Crippen LogP contribution in [-0.2, 0) is 10.1 Å². The van der Waals surface area contributed by atoms with E-state index < -0.39 is 15.4 Å². The maximum absolute atomic E-state index is 11.6. The van der Waals surface area contributed by atoms with Gasteiger partial charge in [0.2, 0.25) is 0 Å². The van der Waals surface area contributed by atoms with Crippen LogP contribution in [0.5, 0.6) is 0 Å². The van der Waals surface area contributed by atoms with E-state index in [1.807, 2.05) is 6.92 Å². The van der Waals surface area contributed by atoms with Crippen molar-refractivity contribution in [3.8, 4) is 0 Å². The van der Waals surface area contributed by atoms with Gasteiger partial charge < -0.3 is 5.11 Å². The number of hydrogen-bond acceptors (Lipinski definition) is 3. The molecule has 0 aliphatic rings. The number of aliphatic hydroxyl groups excluding tert-OH is 1. The highest BCUT2D eigenvalue weighted by Crippen LogP contribution is 2.19. The Kier molecular flexibility index (Phi) is 18.8. The largest absolute Gasteiger partial charge is 0.393 e. The summed E-state index contributed by atoms with van der Waals surface area (Å²) in [6, 6.07) is 0. The van der Waals surface area contributed by atoms with E-state index in [9.17, 15) is 18.1 Å². The Labute approximate surface area is 175 Å². The van der Waals surface area contributed by atoms with Gasteiger partial charge in [0.1, 0.15) is 0 Å². The van der Waals surface area contributed by atoms with E-state index in [0.29, 0.717) is 12.8 Å². The third-order valence-corrected chi connectivity index (χ3v) is 7.01. The van der Waals surface area contributed by atoms with Gasteiger partial charge in [0.05, 0.1) is 11.4 Å². The molecule has 0 heterocycles. The molecule has 4 nitrogen and oxygen atoms in total. The monoisotopic (exact) mass is 420 g/mol. The second-order valence-corrected chi connectivity index (χ2v) is 10.4. The van der Waals surface area contributed by atoms with Crippen LogP contribution in [0.2, 0.25) is 0 Å². The molecule has 5 heteroatoms. The van der Waals surface area contributed by atoms with Gasteiger partial charge in [0.25, 0.3) is 10.1 Å². The van der Waals surface area contributed by atoms with Crippen LogP contribution < -0.4 is 0 Å². The minimum Gasteiger partial charge on any atom is -0.393 e. The van der Waals surface area contributed by atoms with Crippen molar-refractivity contribution in [3.63, 3.8) is 0 Å². The zero-order valence-electron chi connectivity index (χ0n) is 18.7. The Balaban J connectivity index is 3.67. The molecular weight excluding hydrogens is 372 g/mol. The van der Waals surface area contributed by atoms with Crippen molar-refractivity contribution in [1.82, 2.24) is 0 Å². The molecule has 28 heavy (non-hydrogen) atoms. The van der Waals surface area contributed by atoms with Crippen molar-refractivity contribution < 1.29 is 18.1 Å². The van der Waals surface area contributed by atoms with Crippen LogP contribution in [0.4, 0.5) is 0 Å². The lowest BCUT2D eigenvalue weighted by atomic mass is 10.0. The van der Waals surface area contributed by atoms with Crippen LogP contribution in [-0.4, -0.2) is 29.4 Å². The summed E-state index contributed by atoms with van der Waals surface area (Å²) in [5.41, 5.74) is 0. The van der Waals surface area contributed by atoms with Gasteiger partial charge in [-0.25, -0.2) is 0 Å². The summed E-state index contributed by atoms with van der Waals surface area (Å²) in [6.07, 6.45) is 20.5. The number of unbranched alkanes of at least 4 members (excludes halogenated alkanes) is 14. The van der Waals surface area contributed by atoms with E-state index in [0.717, 1.165) is 57.8 Å². The molecule has 0 saturated heterocycles. The van der Waals surface area contributed by atoms with Crippen LogP contribution in [0, 0.1) is 0 Å². The van der Waals surface area contributed by atoms with E-state index in [1.54, 1.807) is 0 Å². The second-order valence-electron chi connectivity index (χ2n) is 8.66. The molecule has 2 N–H and O–H groups in total. The van der Waals surface area contributed by atoms with Crippen LogP contribution in [0.1, 0.15) is 136 Å². The molecule has 2 atom stereocenters. The molecule has 0 bridgehead atoms. The van der Waals surface area contributed by atoms with Gasteiger partial charge >= 0.3 is 0 Å². The minimum atomic E-state index is -3.91. The predicted molar refractivity (Wildman–Crippen MR) is 120 cm³/mol. The van der Waals surface area contributed by atoms with Crippen molar-refractivity contribution in [2.45, 2.75) is 147 Å². The third-order valence-electron chi connectivity index (χ3n) is 5.70. The van der Waals surface area contributed by atoms with Gasteiger partial charge in [0, 0.05) is 0 Å². The van der Waals surface area contributed by atoms with Crippen LogP contribution in [0.15, 0.2) is 0 Å². The van der Waals surface area contributed by atoms with Gasteiger partial charge in [-0.1, -0.05) is 110 Å².